The molecule has 0 radical (unpaired) electrons. The molecule has 0 aromatic heterocycles. The Hall–Kier alpha value is -2.74. The molecule has 0 unspecified atom stereocenters. The molecule has 7 nitrogen and oxygen atoms in total. The number of fused-ring (bicyclic) bond motifs is 1. The first kappa shape index (κ1) is 20.5. The van der Waals surface area contributed by atoms with E-state index in [9.17, 15) is 13.2 Å². The van der Waals surface area contributed by atoms with Gasteiger partial charge in [-0.25, -0.2) is 8.42 Å². The molecule has 2 heterocycles. The lowest BCUT2D eigenvalue weighted by Gasteiger charge is -2.36. The van der Waals surface area contributed by atoms with E-state index in [2.05, 4.69) is 30.0 Å². The molecular weight excluding hydrogens is 404 g/mol. The Bertz CT molecular complexity index is 1030. The van der Waals surface area contributed by atoms with Gasteiger partial charge < -0.3 is 19.3 Å². The third-order valence-corrected chi connectivity index (χ3v) is 7.17. The fraction of sp³-hybridized carbons (Fsp3) is 0.409. The summed E-state index contributed by atoms with van der Waals surface area (Å²) in [5, 5.41) is 0. The molecule has 30 heavy (non-hydrogen) atoms. The molecule has 8 heteroatoms. The molecule has 0 aliphatic carbocycles. The number of hydrogen-bond donors (Lipinski definition) is 0. The van der Waals surface area contributed by atoms with Gasteiger partial charge in [-0.05, 0) is 36.8 Å². The van der Waals surface area contributed by atoms with Crippen molar-refractivity contribution in [2.24, 2.45) is 0 Å². The number of piperazine rings is 1. The van der Waals surface area contributed by atoms with Gasteiger partial charge in [-0.2, -0.15) is 0 Å². The zero-order valence-corrected chi connectivity index (χ0v) is 17.9. The van der Waals surface area contributed by atoms with Gasteiger partial charge in [0.1, 0.15) is 13.2 Å². The van der Waals surface area contributed by atoms with Gasteiger partial charge in [0.05, 0.1) is 10.6 Å². The molecule has 2 aliphatic rings. The molecule has 1 amide bonds. The number of nitrogens with zero attached hydrogens (tertiary/aromatic N) is 2. The summed E-state index contributed by atoms with van der Waals surface area (Å²) >= 11 is 0. The highest BCUT2D eigenvalue weighted by atomic mass is 32.2. The molecule has 0 bridgehead atoms. The van der Waals surface area contributed by atoms with Crippen molar-refractivity contribution in [2.45, 2.75) is 18.2 Å². The van der Waals surface area contributed by atoms with Gasteiger partial charge in [-0.15, -0.1) is 0 Å². The summed E-state index contributed by atoms with van der Waals surface area (Å²) in [5.74, 6) is 0.632. The van der Waals surface area contributed by atoms with Crippen LogP contribution in [0.15, 0.2) is 47.4 Å². The maximum absolute atomic E-state index is 12.7. The Morgan fingerprint density at radius 1 is 0.967 bits per heavy atom. The highest BCUT2D eigenvalue weighted by molar-refractivity contribution is 7.91. The van der Waals surface area contributed by atoms with Gasteiger partial charge in [0.15, 0.2) is 21.3 Å². The van der Waals surface area contributed by atoms with E-state index in [0.717, 1.165) is 18.8 Å². The van der Waals surface area contributed by atoms with Gasteiger partial charge in [0, 0.05) is 44.4 Å². The topological polar surface area (TPSA) is 76.2 Å². The van der Waals surface area contributed by atoms with Gasteiger partial charge in [0.2, 0.25) is 5.91 Å². The normalized spacial score (nSPS) is 16.4. The number of amides is 1. The lowest BCUT2D eigenvalue weighted by atomic mass is 10.2. The maximum atomic E-state index is 12.7. The predicted molar refractivity (Wildman–Crippen MR) is 114 cm³/mol. The maximum Gasteiger partial charge on any atom is 0.223 e. The van der Waals surface area contributed by atoms with Crippen LogP contribution in [-0.2, 0) is 14.6 Å². The van der Waals surface area contributed by atoms with E-state index in [0.29, 0.717) is 37.8 Å². The summed E-state index contributed by atoms with van der Waals surface area (Å²) in [6.45, 7) is 5.57. The lowest BCUT2D eigenvalue weighted by Crippen LogP contribution is -2.49. The monoisotopic (exact) mass is 430 g/mol. The quantitative estimate of drug-likeness (QED) is 0.725. The SMILES string of the molecule is Cc1cccc(N2CCN(C(=O)CCS(=O)(=O)c3ccc4c(c3)OCCO4)CC2)c1. The molecule has 2 aliphatic heterocycles. The summed E-state index contributed by atoms with van der Waals surface area (Å²) in [5.41, 5.74) is 2.36. The molecule has 0 spiro atoms. The zero-order chi connectivity index (χ0) is 21.1. The second kappa shape index (κ2) is 8.55. The van der Waals surface area contributed by atoms with Crippen LogP contribution >= 0.6 is 0 Å². The van der Waals surface area contributed by atoms with E-state index in [-0.39, 0.29) is 23.0 Å². The van der Waals surface area contributed by atoms with Crippen molar-refractivity contribution >= 4 is 21.4 Å². The fourth-order valence-electron chi connectivity index (χ4n) is 3.75. The van der Waals surface area contributed by atoms with E-state index >= 15 is 0 Å². The summed E-state index contributed by atoms with van der Waals surface area (Å²) in [4.78, 5) is 16.8. The summed E-state index contributed by atoms with van der Waals surface area (Å²) in [7, 11) is -3.58. The summed E-state index contributed by atoms with van der Waals surface area (Å²) in [6, 6.07) is 12.9. The molecule has 0 atom stereocenters. The number of hydrogen-bond acceptors (Lipinski definition) is 6. The van der Waals surface area contributed by atoms with Crippen molar-refractivity contribution in [2.75, 3.05) is 50.0 Å². The van der Waals surface area contributed by atoms with Crippen molar-refractivity contribution in [1.29, 1.82) is 0 Å². The van der Waals surface area contributed by atoms with Gasteiger partial charge in [-0.3, -0.25) is 4.79 Å². The molecule has 2 aromatic carbocycles. The molecule has 0 saturated carbocycles. The second-order valence-corrected chi connectivity index (χ2v) is 9.69. The molecule has 1 fully saturated rings. The van der Waals surface area contributed by atoms with Crippen molar-refractivity contribution in [1.82, 2.24) is 4.90 Å². The number of benzene rings is 2. The average Bonchev–Trinajstić information content (AvgIpc) is 2.77. The Balaban J connectivity index is 1.32. The number of carbonyl (C=O) groups excluding carboxylic acids is 1. The predicted octanol–water partition coefficient (Wildman–Crippen LogP) is 2.28. The van der Waals surface area contributed by atoms with E-state index in [1.807, 2.05) is 6.07 Å². The Morgan fingerprint density at radius 3 is 2.43 bits per heavy atom. The first-order valence-electron chi connectivity index (χ1n) is 10.1. The largest absolute Gasteiger partial charge is 0.486 e. The first-order valence-corrected chi connectivity index (χ1v) is 11.8. The Labute approximate surface area is 177 Å². The van der Waals surface area contributed by atoms with Crippen LogP contribution in [0.3, 0.4) is 0 Å². The van der Waals surface area contributed by atoms with Crippen LogP contribution in [0.5, 0.6) is 11.5 Å². The van der Waals surface area contributed by atoms with Gasteiger partial charge >= 0.3 is 0 Å². The molecule has 160 valence electrons. The van der Waals surface area contributed by atoms with Crippen LogP contribution < -0.4 is 14.4 Å². The lowest BCUT2D eigenvalue weighted by molar-refractivity contribution is -0.131. The van der Waals surface area contributed by atoms with Crippen molar-refractivity contribution in [3.63, 3.8) is 0 Å². The highest BCUT2D eigenvalue weighted by Crippen LogP contribution is 2.32. The summed E-state index contributed by atoms with van der Waals surface area (Å²) in [6.07, 6.45) is -0.0266. The number of sulfone groups is 1. The first-order chi connectivity index (χ1) is 14.4. The van der Waals surface area contributed by atoms with Gasteiger partial charge in [0.25, 0.3) is 0 Å². The van der Waals surface area contributed by atoms with Crippen molar-refractivity contribution < 1.29 is 22.7 Å². The molecular formula is C22H26N2O5S. The minimum atomic E-state index is -3.58. The number of aryl methyl sites for hydroxylation is 1. The molecule has 0 N–H and O–H groups in total. The van der Waals surface area contributed by atoms with E-state index in [1.165, 1.54) is 17.7 Å². The van der Waals surface area contributed by atoms with Crippen molar-refractivity contribution in [3.8, 4) is 11.5 Å². The number of carbonyl (C=O) groups is 1. The van der Waals surface area contributed by atoms with Crippen LogP contribution in [0.25, 0.3) is 0 Å². The fourth-order valence-corrected chi connectivity index (χ4v) is 4.99. The zero-order valence-electron chi connectivity index (χ0n) is 17.0. The molecule has 4 rings (SSSR count). The standard InChI is InChI=1S/C22H26N2O5S/c1-17-3-2-4-18(15-17)23-8-10-24(11-9-23)22(25)7-14-30(26,27)19-5-6-20-21(16-19)29-13-12-28-20/h2-6,15-16H,7-14H2,1H3. The minimum Gasteiger partial charge on any atom is -0.486 e. The molecule has 1 saturated heterocycles. The van der Waals surface area contributed by atoms with Crippen LogP contribution in [0.1, 0.15) is 12.0 Å². The number of rotatable bonds is 5. The van der Waals surface area contributed by atoms with Crippen LogP contribution in [-0.4, -0.2) is 64.4 Å². The molecule has 2 aromatic rings. The average molecular weight is 431 g/mol. The van der Waals surface area contributed by atoms with Crippen LogP contribution in [0.4, 0.5) is 5.69 Å². The number of ether oxygens (including phenoxy) is 2. The summed E-state index contributed by atoms with van der Waals surface area (Å²) < 4.78 is 36.3. The van der Waals surface area contributed by atoms with Crippen LogP contribution in [0.2, 0.25) is 0 Å². The third kappa shape index (κ3) is 4.53. The van der Waals surface area contributed by atoms with Gasteiger partial charge in [-0.1, -0.05) is 12.1 Å². The van der Waals surface area contributed by atoms with E-state index < -0.39 is 9.84 Å². The van der Waals surface area contributed by atoms with Crippen LogP contribution in [0, 0.1) is 6.92 Å². The Morgan fingerprint density at radius 2 is 1.70 bits per heavy atom. The highest BCUT2D eigenvalue weighted by Gasteiger charge is 2.25. The van der Waals surface area contributed by atoms with E-state index in [1.54, 1.807) is 11.0 Å². The Kier molecular flexibility index (Phi) is 5.85. The van der Waals surface area contributed by atoms with E-state index in [4.69, 9.17) is 9.47 Å². The third-order valence-electron chi connectivity index (χ3n) is 5.46. The van der Waals surface area contributed by atoms with Crippen molar-refractivity contribution in [3.05, 3.63) is 48.0 Å². The smallest absolute Gasteiger partial charge is 0.223 e. The minimum absolute atomic E-state index is 0.0266. The second-order valence-electron chi connectivity index (χ2n) is 7.58. The number of anilines is 1.